The number of nitrogens with one attached hydrogen (secondary N) is 1. The SMILES string of the molecule is NCc1c(N)cccc1NCCc1ccccc1. The van der Waals surface area contributed by atoms with E-state index < -0.39 is 0 Å². The standard InChI is InChI=1S/C15H19N3/c16-11-13-14(17)7-4-8-15(13)18-10-9-12-5-2-1-3-6-12/h1-8,18H,9-11,16-17H2. The summed E-state index contributed by atoms with van der Waals surface area (Å²) in [7, 11) is 0. The molecular weight excluding hydrogens is 222 g/mol. The zero-order valence-electron chi connectivity index (χ0n) is 10.4. The third-order valence-electron chi connectivity index (χ3n) is 2.99. The molecule has 0 aliphatic heterocycles. The molecule has 0 bridgehead atoms. The molecule has 2 aromatic carbocycles. The van der Waals surface area contributed by atoms with Gasteiger partial charge in [0.05, 0.1) is 0 Å². The van der Waals surface area contributed by atoms with Crippen LogP contribution in [0.2, 0.25) is 0 Å². The highest BCUT2D eigenvalue weighted by Gasteiger charge is 2.03. The van der Waals surface area contributed by atoms with Gasteiger partial charge in [-0.05, 0) is 24.1 Å². The second-order valence-corrected chi connectivity index (χ2v) is 4.24. The van der Waals surface area contributed by atoms with Crippen LogP contribution in [0, 0.1) is 0 Å². The quantitative estimate of drug-likeness (QED) is 0.704. The van der Waals surface area contributed by atoms with Gasteiger partial charge in [0.25, 0.3) is 0 Å². The molecule has 0 atom stereocenters. The molecule has 3 nitrogen and oxygen atoms in total. The molecule has 18 heavy (non-hydrogen) atoms. The third kappa shape index (κ3) is 3.02. The minimum absolute atomic E-state index is 0.459. The van der Waals surface area contributed by atoms with E-state index in [2.05, 4.69) is 29.6 Å². The highest BCUT2D eigenvalue weighted by atomic mass is 14.9. The van der Waals surface area contributed by atoms with Crippen molar-refractivity contribution in [3.05, 3.63) is 59.7 Å². The molecule has 0 unspecified atom stereocenters. The first-order valence-electron chi connectivity index (χ1n) is 6.16. The Bertz CT molecular complexity index is 494. The van der Waals surface area contributed by atoms with Gasteiger partial charge in [0.2, 0.25) is 0 Å². The maximum absolute atomic E-state index is 5.89. The molecule has 2 rings (SSSR count). The molecular formula is C15H19N3. The second kappa shape index (κ2) is 6.07. The lowest BCUT2D eigenvalue weighted by Crippen LogP contribution is -2.10. The summed E-state index contributed by atoms with van der Waals surface area (Å²) in [6.07, 6.45) is 0.986. The minimum atomic E-state index is 0.459. The van der Waals surface area contributed by atoms with Crippen molar-refractivity contribution in [3.8, 4) is 0 Å². The Morgan fingerprint density at radius 2 is 1.72 bits per heavy atom. The predicted octanol–water partition coefficient (Wildman–Crippen LogP) is 2.38. The monoisotopic (exact) mass is 241 g/mol. The van der Waals surface area contributed by atoms with Crippen molar-refractivity contribution in [1.29, 1.82) is 0 Å². The van der Waals surface area contributed by atoms with Crippen molar-refractivity contribution < 1.29 is 0 Å². The van der Waals surface area contributed by atoms with Crippen LogP contribution in [-0.4, -0.2) is 6.54 Å². The number of rotatable bonds is 5. The smallest absolute Gasteiger partial charge is 0.0406 e. The molecule has 0 aliphatic carbocycles. The number of benzene rings is 2. The summed E-state index contributed by atoms with van der Waals surface area (Å²) in [4.78, 5) is 0. The Morgan fingerprint density at radius 1 is 0.944 bits per heavy atom. The van der Waals surface area contributed by atoms with Crippen LogP contribution in [0.4, 0.5) is 11.4 Å². The van der Waals surface area contributed by atoms with Crippen LogP contribution in [0.5, 0.6) is 0 Å². The maximum Gasteiger partial charge on any atom is 0.0406 e. The third-order valence-corrected chi connectivity index (χ3v) is 2.99. The van der Waals surface area contributed by atoms with Gasteiger partial charge in [0.15, 0.2) is 0 Å². The molecule has 0 heterocycles. The molecule has 2 aromatic rings. The Labute approximate surface area is 108 Å². The fourth-order valence-electron chi connectivity index (χ4n) is 1.98. The zero-order chi connectivity index (χ0) is 12.8. The first-order chi connectivity index (χ1) is 8.81. The van der Waals surface area contributed by atoms with E-state index in [1.165, 1.54) is 5.56 Å². The lowest BCUT2D eigenvalue weighted by Gasteiger charge is -2.12. The molecule has 94 valence electrons. The lowest BCUT2D eigenvalue weighted by atomic mass is 10.1. The molecule has 5 N–H and O–H groups in total. The molecule has 3 heteroatoms. The van der Waals surface area contributed by atoms with Crippen LogP contribution in [0.3, 0.4) is 0 Å². The molecule has 0 spiro atoms. The van der Waals surface area contributed by atoms with Crippen LogP contribution in [0.25, 0.3) is 0 Å². The van der Waals surface area contributed by atoms with Crippen LogP contribution in [0.15, 0.2) is 48.5 Å². The first-order valence-corrected chi connectivity index (χ1v) is 6.16. The first kappa shape index (κ1) is 12.5. The van der Waals surface area contributed by atoms with Gasteiger partial charge in [-0.25, -0.2) is 0 Å². The molecule has 0 saturated heterocycles. The summed E-state index contributed by atoms with van der Waals surface area (Å²) in [6, 6.07) is 16.2. The van der Waals surface area contributed by atoms with Crippen molar-refractivity contribution in [3.63, 3.8) is 0 Å². The Hall–Kier alpha value is -2.00. The van der Waals surface area contributed by atoms with Crippen LogP contribution in [-0.2, 0) is 13.0 Å². The number of hydrogen-bond acceptors (Lipinski definition) is 3. The van der Waals surface area contributed by atoms with E-state index in [0.29, 0.717) is 6.54 Å². The summed E-state index contributed by atoms with van der Waals surface area (Å²) in [5, 5.41) is 3.39. The number of anilines is 2. The molecule has 0 aromatic heterocycles. The summed E-state index contributed by atoms with van der Waals surface area (Å²) >= 11 is 0. The Kier molecular flexibility index (Phi) is 4.20. The van der Waals surface area contributed by atoms with Crippen molar-refractivity contribution >= 4 is 11.4 Å². The predicted molar refractivity (Wildman–Crippen MR) is 77.4 cm³/mol. The van der Waals surface area contributed by atoms with Crippen LogP contribution >= 0.6 is 0 Å². The molecule has 0 fully saturated rings. The van der Waals surface area contributed by atoms with Gasteiger partial charge in [-0.2, -0.15) is 0 Å². The van der Waals surface area contributed by atoms with E-state index in [-0.39, 0.29) is 0 Å². The number of nitrogen functional groups attached to an aromatic ring is 1. The average molecular weight is 241 g/mol. The number of hydrogen-bond donors (Lipinski definition) is 3. The van der Waals surface area contributed by atoms with E-state index in [1.807, 2.05) is 24.3 Å². The van der Waals surface area contributed by atoms with Gasteiger partial charge < -0.3 is 16.8 Å². The summed E-state index contributed by atoms with van der Waals surface area (Å²) in [6.45, 7) is 1.33. The van der Waals surface area contributed by atoms with Gasteiger partial charge >= 0.3 is 0 Å². The topological polar surface area (TPSA) is 64.1 Å². The largest absolute Gasteiger partial charge is 0.398 e. The lowest BCUT2D eigenvalue weighted by molar-refractivity contribution is 1.00. The highest BCUT2D eigenvalue weighted by molar-refractivity contribution is 5.63. The highest BCUT2D eigenvalue weighted by Crippen LogP contribution is 2.21. The molecule has 0 radical (unpaired) electrons. The van der Waals surface area contributed by atoms with E-state index in [1.54, 1.807) is 0 Å². The van der Waals surface area contributed by atoms with Crippen LogP contribution in [0.1, 0.15) is 11.1 Å². The summed E-state index contributed by atoms with van der Waals surface area (Å²) in [5.41, 5.74) is 15.7. The Balaban J connectivity index is 1.96. The van der Waals surface area contributed by atoms with E-state index in [0.717, 1.165) is 29.9 Å². The molecule has 0 aliphatic rings. The zero-order valence-corrected chi connectivity index (χ0v) is 10.4. The van der Waals surface area contributed by atoms with Gasteiger partial charge in [-0.3, -0.25) is 0 Å². The van der Waals surface area contributed by atoms with Crippen molar-refractivity contribution in [2.75, 3.05) is 17.6 Å². The Morgan fingerprint density at radius 3 is 2.44 bits per heavy atom. The maximum atomic E-state index is 5.89. The second-order valence-electron chi connectivity index (χ2n) is 4.24. The van der Waals surface area contributed by atoms with Crippen molar-refractivity contribution in [2.45, 2.75) is 13.0 Å². The van der Waals surface area contributed by atoms with E-state index in [9.17, 15) is 0 Å². The van der Waals surface area contributed by atoms with Gasteiger partial charge in [0, 0.05) is 30.0 Å². The van der Waals surface area contributed by atoms with Crippen molar-refractivity contribution in [2.24, 2.45) is 5.73 Å². The minimum Gasteiger partial charge on any atom is -0.398 e. The fourth-order valence-corrected chi connectivity index (χ4v) is 1.98. The van der Waals surface area contributed by atoms with Gasteiger partial charge in [-0.15, -0.1) is 0 Å². The normalized spacial score (nSPS) is 10.3. The van der Waals surface area contributed by atoms with Gasteiger partial charge in [0.1, 0.15) is 0 Å². The van der Waals surface area contributed by atoms with Crippen molar-refractivity contribution in [1.82, 2.24) is 0 Å². The number of nitrogens with two attached hydrogens (primary N) is 2. The van der Waals surface area contributed by atoms with Gasteiger partial charge in [-0.1, -0.05) is 36.4 Å². The fraction of sp³-hybridized carbons (Fsp3) is 0.200. The molecule has 0 amide bonds. The van der Waals surface area contributed by atoms with E-state index in [4.69, 9.17) is 11.5 Å². The summed E-state index contributed by atoms with van der Waals surface area (Å²) < 4.78 is 0. The van der Waals surface area contributed by atoms with E-state index >= 15 is 0 Å². The van der Waals surface area contributed by atoms with Crippen LogP contribution < -0.4 is 16.8 Å². The average Bonchev–Trinajstić information content (AvgIpc) is 2.40. The summed E-state index contributed by atoms with van der Waals surface area (Å²) in [5.74, 6) is 0. The molecule has 0 saturated carbocycles.